The van der Waals surface area contributed by atoms with Gasteiger partial charge in [0.25, 0.3) is 5.91 Å². The summed E-state index contributed by atoms with van der Waals surface area (Å²) in [4.78, 5) is 42.5. The zero-order chi connectivity index (χ0) is 23.8. The first kappa shape index (κ1) is 24.0. The van der Waals surface area contributed by atoms with Gasteiger partial charge < -0.3 is 10.2 Å². The van der Waals surface area contributed by atoms with E-state index in [1.807, 2.05) is 0 Å². The van der Waals surface area contributed by atoms with Crippen LogP contribution in [0.1, 0.15) is 57.4 Å². The van der Waals surface area contributed by atoms with Crippen molar-refractivity contribution in [2.24, 2.45) is 0 Å². The molecule has 2 heterocycles. The van der Waals surface area contributed by atoms with Crippen molar-refractivity contribution in [1.29, 1.82) is 0 Å². The fourth-order valence-electron chi connectivity index (χ4n) is 5.42. The summed E-state index contributed by atoms with van der Waals surface area (Å²) < 4.78 is 24.3. The molecule has 0 aromatic heterocycles. The highest BCUT2D eigenvalue weighted by Gasteiger charge is 2.52. The molecule has 2 saturated heterocycles. The molecule has 1 aliphatic carbocycles. The van der Waals surface area contributed by atoms with Gasteiger partial charge in [0.05, 0.1) is 11.5 Å². The number of sulfone groups is 1. The maximum atomic E-state index is 13.5. The van der Waals surface area contributed by atoms with Gasteiger partial charge in [-0.2, -0.15) is 0 Å². The topological polar surface area (TPSA) is 104 Å². The van der Waals surface area contributed by atoms with Gasteiger partial charge in [-0.05, 0) is 43.4 Å². The molecular formula is C23H30ClN3O5S. The molecule has 0 radical (unpaired) electrons. The second-order valence-corrected chi connectivity index (χ2v) is 11.9. The third-order valence-electron chi connectivity index (χ3n) is 7.19. The largest absolute Gasteiger partial charge is 0.334 e. The van der Waals surface area contributed by atoms with E-state index < -0.39 is 39.9 Å². The normalized spacial score (nSPS) is 27.6. The molecule has 1 aromatic carbocycles. The second kappa shape index (κ2) is 9.25. The minimum absolute atomic E-state index is 0.0565. The minimum atomic E-state index is -3.19. The number of urea groups is 1. The number of imide groups is 1. The number of hydrogen-bond acceptors (Lipinski definition) is 5. The molecule has 4 rings (SSSR count). The van der Waals surface area contributed by atoms with Crippen molar-refractivity contribution in [3.8, 4) is 0 Å². The number of nitrogens with zero attached hydrogens (tertiary/aromatic N) is 2. The number of halogens is 1. The van der Waals surface area contributed by atoms with Crippen LogP contribution in [0, 0.1) is 0 Å². The molecule has 1 saturated carbocycles. The predicted octanol–water partition coefficient (Wildman–Crippen LogP) is 2.85. The second-order valence-electron chi connectivity index (χ2n) is 9.24. The first-order chi connectivity index (χ1) is 15.7. The van der Waals surface area contributed by atoms with Crippen molar-refractivity contribution in [2.75, 3.05) is 18.1 Å². The van der Waals surface area contributed by atoms with E-state index in [4.69, 9.17) is 11.6 Å². The smallest absolute Gasteiger partial charge is 0.325 e. The standard InChI is InChI=1S/C23H30ClN3O5S/c1-2-23(16-8-10-17(24)11-9-16)21(29)26(22(30)25-23)14-20(28)27(18-6-4-3-5-7-18)19-12-13-33(31,32)15-19/h8-11,18-19H,2-7,12-15H2,1H3,(H,25,30). The van der Waals surface area contributed by atoms with Gasteiger partial charge in [0.2, 0.25) is 5.91 Å². The number of nitrogens with one attached hydrogen (secondary N) is 1. The van der Waals surface area contributed by atoms with E-state index in [-0.39, 0.29) is 23.5 Å². The number of carbonyl (C=O) groups is 3. The van der Waals surface area contributed by atoms with E-state index in [0.717, 1.165) is 37.0 Å². The molecule has 8 nitrogen and oxygen atoms in total. The van der Waals surface area contributed by atoms with Crippen molar-refractivity contribution < 1.29 is 22.8 Å². The summed E-state index contributed by atoms with van der Waals surface area (Å²) in [6.07, 6.45) is 5.39. The Morgan fingerprint density at radius 3 is 2.36 bits per heavy atom. The SMILES string of the molecule is CCC1(c2ccc(Cl)cc2)NC(=O)N(CC(=O)N(C2CCCCC2)C2CCS(=O)(=O)C2)C1=O. The summed E-state index contributed by atoms with van der Waals surface area (Å²) in [7, 11) is -3.19. The number of rotatable bonds is 6. The highest BCUT2D eigenvalue weighted by molar-refractivity contribution is 7.91. The molecule has 4 amide bonds. The Bertz CT molecular complexity index is 1040. The molecule has 3 aliphatic rings. The molecule has 1 N–H and O–H groups in total. The molecule has 0 spiro atoms. The summed E-state index contributed by atoms with van der Waals surface area (Å²) in [5.74, 6) is -0.838. The van der Waals surface area contributed by atoms with Crippen LogP contribution in [0.15, 0.2) is 24.3 Å². The van der Waals surface area contributed by atoms with Crippen LogP contribution < -0.4 is 5.32 Å². The summed E-state index contributed by atoms with van der Waals surface area (Å²) in [6, 6.07) is 5.64. The van der Waals surface area contributed by atoms with Gasteiger partial charge in [-0.25, -0.2) is 13.2 Å². The van der Waals surface area contributed by atoms with E-state index in [0.29, 0.717) is 23.4 Å². The zero-order valence-electron chi connectivity index (χ0n) is 18.8. The molecule has 2 unspecified atom stereocenters. The van der Waals surface area contributed by atoms with E-state index in [2.05, 4.69) is 5.32 Å². The van der Waals surface area contributed by atoms with Gasteiger partial charge in [-0.1, -0.05) is 49.9 Å². The van der Waals surface area contributed by atoms with E-state index in [1.54, 1.807) is 36.1 Å². The van der Waals surface area contributed by atoms with Crippen LogP contribution in [0.4, 0.5) is 4.79 Å². The molecule has 180 valence electrons. The summed E-state index contributed by atoms with van der Waals surface area (Å²) in [6.45, 7) is 1.41. The molecule has 3 fully saturated rings. The monoisotopic (exact) mass is 495 g/mol. The van der Waals surface area contributed by atoms with E-state index in [1.165, 1.54) is 0 Å². The molecule has 2 atom stereocenters. The van der Waals surface area contributed by atoms with Gasteiger partial charge >= 0.3 is 6.03 Å². The minimum Gasteiger partial charge on any atom is -0.334 e. The van der Waals surface area contributed by atoms with Crippen LogP contribution in [0.5, 0.6) is 0 Å². The summed E-state index contributed by atoms with van der Waals surface area (Å²) in [5, 5.41) is 3.30. The maximum Gasteiger partial charge on any atom is 0.325 e. The fourth-order valence-corrected chi connectivity index (χ4v) is 7.26. The van der Waals surface area contributed by atoms with Crippen molar-refractivity contribution >= 4 is 39.3 Å². The van der Waals surface area contributed by atoms with Crippen LogP contribution in [0.3, 0.4) is 0 Å². The molecule has 2 aliphatic heterocycles. The Balaban J connectivity index is 1.58. The Kier molecular flexibility index (Phi) is 6.73. The predicted molar refractivity (Wildman–Crippen MR) is 124 cm³/mol. The zero-order valence-corrected chi connectivity index (χ0v) is 20.3. The lowest BCUT2D eigenvalue weighted by molar-refractivity contribution is -0.142. The van der Waals surface area contributed by atoms with Gasteiger partial charge in [0, 0.05) is 17.1 Å². The Labute approximate surface area is 199 Å². The molecule has 0 bridgehead atoms. The quantitative estimate of drug-likeness (QED) is 0.611. The van der Waals surface area contributed by atoms with Crippen molar-refractivity contribution in [2.45, 2.75) is 69.5 Å². The lowest BCUT2D eigenvalue weighted by Gasteiger charge is -2.39. The number of carbonyl (C=O) groups excluding carboxylic acids is 3. The fraction of sp³-hybridized carbons (Fsp3) is 0.609. The van der Waals surface area contributed by atoms with E-state index in [9.17, 15) is 22.8 Å². The molecule has 1 aromatic rings. The molecular weight excluding hydrogens is 466 g/mol. The lowest BCUT2D eigenvalue weighted by Crippen LogP contribution is -2.53. The van der Waals surface area contributed by atoms with Crippen molar-refractivity contribution in [3.05, 3.63) is 34.9 Å². The maximum absolute atomic E-state index is 13.5. The third kappa shape index (κ3) is 4.62. The average molecular weight is 496 g/mol. The number of hydrogen-bond donors (Lipinski definition) is 1. The van der Waals surface area contributed by atoms with Gasteiger partial charge in [0.1, 0.15) is 12.1 Å². The summed E-state index contributed by atoms with van der Waals surface area (Å²) >= 11 is 5.98. The first-order valence-electron chi connectivity index (χ1n) is 11.6. The third-order valence-corrected chi connectivity index (χ3v) is 9.20. The Morgan fingerprint density at radius 1 is 1.12 bits per heavy atom. The highest BCUT2D eigenvalue weighted by atomic mass is 35.5. The average Bonchev–Trinajstić information content (AvgIpc) is 3.26. The molecule has 33 heavy (non-hydrogen) atoms. The Hall–Kier alpha value is -2.13. The van der Waals surface area contributed by atoms with Gasteiger partial charge in [-0.15, -0.1) is 0 Å². The van der Waals surface area contributed by atoms with Crippen LogP contribution in [0.25, 0.3) is 0 Å². The van der Waals surface area contributed by atoms with Gasteiger partial charge in [0.15, 0.2) is 9.84 Å². The lowest BCUT2D eigenvalue weighted by atomic mass is 9.87. The van der Waals surface area contributed by atoms with Crippen LogP contribution >= 0.6 is 11.6 Å². The van der Waals surface area contributed by atoms with Gasteiger partial charge in [-0.3, -0.25) is 14.5 Å². The van der Waals surface area contributed by atoms with E-state index >= 15 is 0 Å². The highest BCUT2D eigenvalue weighted by Crippen LogP contribution is 2.34. The van der Waals surface area contributed by atoms with Crippen molar-refractivity contribution in [3.63, 3.8) is 0 Å². The Morgan fingerprint density at radius 2 is 1.79 bits per heavy atom. The van der Waals surface area contributed by atoms with Crippen LogP contribution in [0.2, 0.25) is 5.02 Å². The number of amides is 4. The number of benzene rings is 1. The summed E-state index contributed by atoms with van der Waals surface area (Å²) in [5.41, 5.74) is -0.650. The van der Waals surface area contributed by atoms with Crippen LogP contribution in [-0.2, 0) is 25.0 Å². The van der Waals surface area contributed by atoms with Crippen molar-refractivity contribution in [1.82, 2.24) is 15.1 Å². The first-order valence-corrected chi connectivity index (χ1v) is 13.8. The molecule has 10 heteroatoms. The van der Waals surface area contributed by atoms with Crippen LogP contribution in [-0.4, -0.2) is 66.2 Å².